The van der Waals surface area contributed by atoms with Gasteiger partial charge in [-0.2, -0.15) is 0 Å². The van der Waals surface area contributed by atoms with Gasteiger partial charge in [-0.15, -0.1) is 0 Å². The standard InChI is InChI=1S/C10H17N3O/c1-8(2)14-7-9(11-3)10-12-5-4-6-13-10/h4-6,8-9,11H,7H2,1-3H3. The van der Waals surface area contributed by atoms with E-state index in [-0.39, 0.29) is 12.1 Å². The molecule has 0 radical (unpaired) electrons. The first-order valence-electron chi connectivity index (χ1n) is 4.79. The highest BCUT2D eigenvalue weighted by Gasteiger charge is 2.12. The molecule has 1 N–H and O–H groups in total. The highest BCUT2D eigenvalue weighted by molar-refractivity contribution is 4.95. The van der Waals surface area contributed by atoms with Crippen molar-refractivity contribution < 1.29 is 4.74 Å². The topological polar surface area (TPSA) is 47.0 Å². The van der Waals surface area contributed by atoms with Crippen LogP contribution in [0.4, 0.5) is 0 Å². The van der Waals surface area contributed by atoms with Crippen LogP contribution in [0.15, 0.2) is 18.5 Å². The Hall–Kier alpha value is -1.00. The maximum atomic E-state index is 5.51. The molecule has 78 valence electrons. The molecule has 1 heterocycles. The number of aromatic nitrogens is 2. The first kappa shape index (κ1) is 11.1. The summed E-state index contributed by atoms with van der Waals surface area (Å²) < 4.78 is 5.51. The van der Waals surface area contributed by atoms with Crippen LogP contribution in [-0.4, -0.2) is 29.7 Å². The summed E-state index contributed by atoms with van der Waals surface area (Å²) in [5.41, 5.74) is 0. The summed E-state index contributed by atoms with van der Waals surface area (Å²) in [5, 5.41) is 3.12. The molecule has 1 atom stereocenters. The zero-order valence-corrected chi connectivity index (χ0v) is 8.90. The molecular weight excluding hydrogens is 178 g/mol. The number of nitrogens with one attached hydrogen (secondary N) is 1. The van der Waals surface area contributed by atoms with Crippen molar-refractivity contribution in [3.05, 3.63) is 24.3 Å². The zero-order chi connectivity index (χ0) is 10.4. The molecule has 1 rings (SSSR count). The van der Waals surface area contributed by atoms with E-state index in [0.717, 1.165) is 5.82 Å². The summed E-state index contributed by atoms with van der Waals surface area (Å²) in [6.07, 6.45) is 3.71. The Morgan fingerprint density at radius 2 is 2.00 bits per heavy atom. The van der Waals surface area contributed by atoms with Crippen molar-refractivity contribution in [3.8, 4) is 0 Å². The predicted octanol–water partition coefficient (Wildman–Crippen LogP) is 1.16. The van der Waals surface area contributed by atoms with E-state index >= 15 is 0 Å². The van der Waals surface area contributed by atoms with Crippen LogP contribution in [0.3, 0.4) is 0 Å². The first-order valence-corrected chi connectivity index (χ1v) is 4.79. The molecule has 0 aliphatic heterocycles. The largest absolute Gasteiger partial charge is 0.377 e. The Morgan fingerprint density at radius 1 is 1.36 bits per heavy atom. The lowest BCUT2D eigenvalue weighted by molar-refractivity contribution is 0.0610. The molecule has 0 aliphatic carbocycles. The molecule has 0 spiro atoms. The molecule has 14 heavy (non-hydrogen) atoms. The van der Waals surface area contributed by atoms with Gasteiger partial charge in [0.15, 0.2) is 0 Å². The molecule has 0 bridgehead atoms. The van der Waals surface area contributed by atoms with Crippen LogP contribution in [0.1, 0.15) is 25.7 Å². The SMILES string of the molecule is CNC(COC(C)C)c1ncccn1. The van der Waals surface area contributed by atoms with Gasteiger partial charge in [-0.3, -0.25) is 0 Å². The van der Waals surface area contributed by atoms with E-state index < -0.39 is 0 Å². The Labute approximate surface area is 84.7 Å². The van der Waals surface area contributed by atoms with Gasteiger partial charge in [0.05, 0.1) is 18.8 Å². The molecule has 1 unspecified atom stereocenters. The summed E-state index contributed by atoms with van der Waals surface area (Å²) >= 11 is 0. The minimum absolute atomic E-state index is 0.0681. The highest BCUT2D eigenvalue weighted by atomic mass is 16.5. The molecule has 0 amide bonds. The van der Waals surface area contributed by atoms with Gasteiger partial charge in [0.25, 0.3) is 0 Å². The maximum absolute atomic E-state index is 5.51. The van der Waals surface area contributed by atoms with E-state index in [1.165, 1.54) is 0 Å². The Balaban J connectivity index is 2.54. The van der Waals surface area contributed by atoms with Crippen molar-refractivity contribution in [1.29, 1.82) is 0 Å². The Bertz CT molecular complexity index is 251. The number of rotatable bonds is 5. The Kier molecular flexibility index (Phi) is 4.49. The van der Waals surface area contributed by atoms with Gasteiger partial charge < -0.3 is 10.1 Å². The second-order valence-electron chi connectivity index (χ2n) is 3.33. The molecule has 0 aromatic carbocycles. The fourth-order valence-corrected chi connectivity index (χ4v) is 1.07. The van der Waals surface area contributed by atoms with Gasteiger partial charge in [0.1, 0.15) is 5.82 Å². The van der Waals surface area contributed by atoms with Gasteiger partial charge >= 0.3 is 0 Å². The first-order chi connectivity index (χ1) is 6.74. The van der Waals surface area contributed by atoms with Crippen molar-refractivity contribution in [2.24, 2.45) is 0 Å². The fraction of sp³-hybridized carbons (Fsp3) is 0.600. The van der Waals surface area contributed by atoms with Crippen LogP contribution < -0.4 is 5.32 Å². The minimum Gasteiger partial charge on any atom is -0.377 e. The van der Waals surface area contributed by atoms with Crippen molar-refractivity contribution in [1.82, 2.24) is 15.3 Å². The lowest BCUT2D eigenvalue weighted by Crippen LogP contribution is -2.25. The number of nitrogens with zero attached hydrogens (tertiary/aromatic N) is 2. The maximum Gasteiger partial charge on any atom is 0.147 e. The molecule has 1 aromatic rings. The van der Waals surface area contributed by atoms with Gasteiger partial charge in [0, 0.05) is 12.4 Å². The number of hydrogen-bond acceptors (Lipinski definition) is 4. The second kappa shape index (κ2) is 5.67. The van der Waals surface area contributed by atoms with Crippen LogP contribution in [0, 0.1) is 0 Å². The third kappa shape index (κ3) is 3.40. The van der Waals surface area contributed by atoms with Gasteiger partial charge in [-0.05, 0) is 27.0 Å². The number of hydrogen-bond donors (Lipinski definition) is 1. The smallest absolute Gasteiger partial charge is 0.147 e. The van der Waals surface area contributed by atoms with Gasteiger partial charge in [-0.1, -0.05) is 0 Å². The van der Waals surface area contributed by atoms with Crippen molar-refractivity contribution >= 4 is 0 Å². The quantitative estimate of drug-likeness (QED) is 0.766. The fourth-order valence-electron chi connectivity index (χ4n) is 1.07. The van der Waals surface area contributed by atoms with Crippen molar-refractivity contribution in [2.75, 3.05) is 13.7 Å². The van der Waals surface area contributed by atoms with Crippen LogP contribution in [0.5, 0.6) is 0 Å². The number of likely N-dealkylation sites (N-methyl/N-ethyl adjacent to an activating group) is 1. The molecule has 0 saturated carbocycles. The van der Waals surface area contributed by atoms with Crippen LogP contribution in [0.25, 0.3) is 0 Å². The monoisotopic (exact) mass is 195 g/mol. The second-order valence-corrected chi connectivity index (χ2v) is 3.33. The summed E-state index contributed by atoms with van der Waals surface area (Å²) in [4.78, 5) is 8.35. The summed E-state index contributed by atoms with van der Waals surface area (Å²) in [6.45, 7) is 4.62. The van der Waals surface area contributed by atoms with E-state index in [2.05, 4.69) is 15.3 Å². The lowest BCUT2D eigenvalue weighted by atomic mass is 10.3. The molecular formula is C10H17N3O. The third-order valence-electron chi connectivity index (χ3n) is 1.84. The highest BCUT2D eigenvalue weighted by Crippen LogP contribution is 2.07. The van der Waals surface area contributed by atoms with E-state index in [9.17, 15) is 0 Å². The summed E-state index contributed by atoms with van der Waals surface area (Å²) in [5.74, 6) is 0.774. The molecule has 1 aromatic heterocycles. The molecule has 0 fully saturated rings. The molecule has 4 heteroatoms. The van der Waals surface area contributed by atoms with Gasteiger partial charge in [-0.25, -0.2) is 9.97 Å². The minimum atomic E-state index is 0.0681. The molecule has 4 nitrogen and oxygen atoms in total. The van der Waals surface area contributed by atoms with Crippen molar-refractivity contribution in [3.63, 3.8) is 0 Å². The van der Waals surface area contributed by atoms with Crippen LogP contribution in [0.2, 0.25) is 0 Å². The average Bonchev–Trinajstić information content (AvgIpc) is 2.20. The lowest BCUT2D eigenvalue weighted by Gasteiger charge is -2.16. The zero-order valence-electron chi connectivity index (χ0n) is 8.90. The normalized spacial score (nSPS) is 13.1. The van der Waals surface area contributed by atoms with E-state index in [4.69, 9.17) is 4.74 Å². The third-order valence-corrected chi connectivity index (χ3v) is 1.84. The Morgan fingerprint density at radius 3 is 2.50 bits per heavy atom. The average molecular weight is 195 g/mol. The van der Waals surface area contributed by atoms with Crippen molar-refractivity contribution in [2.45, 2.75) is 26.0 Å². The summed E-state index contributed by atoms with van der Waals surface area (Å²) in [6, 6.07) is 1.87. The van der Waals surface area contributed by atoms with Crippen LogP contribution in [-0.2, 0) is 4.74 Å². The summed E-state index contributed by atoms with van der Waals surface area (Å²) in [7, 11) is 1.88. The van der Waals surface area contributed by atoms with E-state index in [0.29, 0.717) is 6.61 Å². The van der Waals surface area contributed by atoms with E-state index in [1.807, 2.05) is 20.9 Å². The van der Waals surface area contributed by atoms with E-state index in [1.54, 1.807) is 18.5 Å². The van der Waals surface area contributed by atoms with Gasteiger partial charge in [0.2, 0.25) is 0 Å². The molecule has 0 saturated heterocycles. The predicted molar refractivity (Wildman–Crippen MR) is 54.9 cm³/mol. The van der Waals surface area contributed by atoms with Crippen LogP contribution >= 0.6 is 0 Å². The molecule has 0 aliphatic rings. The number of ether oxygens (including phenoxy) is 1.